The van der Waals surface area contributed by atoms with Crippen molar-refractivity contribution in [2.75, 3.05) is 0 Å². The van der Waals surface area contributed by atoms with Crippen molar-refractivity contribution in [3.63, 3.8) is 0 Å². The average molecular weight is 477 g/mol. The summed E-state index contributed by atoms with van der Waals surface area (Å²) >= 11 is 0. The molecule has 34 heavy (non-hydrogen) atoms. The first-order valence-corrected chi connectivity index (χ1v) is 14.3. The van der Waals surface area contributed by atoms with Gasteiger partial charge in [0, 0.05) is 11.8 Å². The Kier molecular flexibility index (Phi) is 6.92. The summed E-state index contributed by atoms with van der Waals surface area (Å²) in [5.41, 5.74) is -0.457. The van der Waals surface area contributed by atoms with Crippen LogP contribution in [-0.2, 0) is 4.79 Å². The van der Waals surface area contributed by atoms with Crippen LogP contribution in [0.15, 0.2) is 0 Å². The maximum atomic E-state index is 12.8. The third kappa shape index (κ3) is 3.84. The minimum absolute atomic E-state index is 0.0558. The standard InChI is InChI=1S/C30H52O4/c1-8-27(3,4)24(33)12-9-18(2)20-10-11-21-26-22(15-25(34)30(20,21)7)29(6)14-13-19(31)16-28(29,5)17-23(26)32/h18-23,25-26,31-32,34H,8-17H2,1-7H3/t18-,19-,20-,21+,22+,23-,25+,26+,28+,29-,30-/m1/s1. The molecule has 4 nitrogen and oxygen atoms in total. The van der Waals surface area contributed by atoms with Crippen molar-refractivity contribution >= 4 is 5.78 Å². The number of hydrogen-bond donors (Lipinski definition) is 3. The normalized spacial score (nSPS) is 49.6. The summed E-state index contributed by atoms with van der Waals surface area (Å²) in [6, 6.07) is 0. The van der Waals surface area contributed by atoms with E-state index in [9.17, 15) is 20.1 Å². The lowest BCUT2D eigenvalue weighted by atomic mass is 9.39. The minimum atomic E-state index is -0.366. The first kappa shape index (κ1) is 26.6. The Bertz CT molecular complexity index is 778. The molecule has 3 N–H and O–H groups in total. The number of carbonyl (C=O) groups excluding carboxylic acids is 1. The smallest absolute Gasteiger partial charge is 0.138 e. The molecule has 0 radical (unpaired) electrons. The SMILES string of the molecule is CCC(C)(C)C(=O)CC[C@@H](C)[C@H]1CC[C@H]2[C@@H]3[C@H](O)C[C@]4(C)C[C@H](O)CC[C@]4(C)[C@H]3C[C@H](O)[C@]12C. The second-order valence-electron chi connectivity index (χ2n) is 14.4. The molecule has 4 saturated carbocycles. The topological polar surface area (TPSA) is 77.8 Å². The molecule has 4 aliphatic rings. The summed E-state index contributed by atoms with van der Waals surface area (Å²) in [5, 5.41) is 33.8. The molecule has 0 bridgehead atoms. The van der Waals surface area contributed by atoms with Crippen molar-refractivity contribution in [1.82, 2.24) is 0 Å². The monoisotopic (exact) mass is 476 g/mol. The molecule has 4 rings (SSSR count). The molecule has 0 aliphatic heterocycles. The Morgan fingerprint density at radius 1 is 1.03 bits per heavy atom. The van der Waals surface area contributed by atoms with Gasteiger partial charge in [-0.3, -0.25) is 4.79 Å². The molecule has 4 fully saturated rings. The molecule has 0 aromatic rings. The van der Waals surface area contributed by atoms with E-state index in [1.165, 1.54) is 0 Å². The third-order valence-corrected chi connectivity index (χ3v) is 12.6. The Hall–Kier alpha value is -0.450. The van der Waals surface area contributed by atoms with Gasteiger partial charge in [0.2, 0.25) is 0 Å². The molecule has 0 amide bonds. The van der Waals surface area contributed by atoms with Gasteiger partial charge >= 0.3 is 0 Å². The lowest BCUT2D eigenvalue weighted by Crippen LogP contribution is -2.65. The highest BCUT2D eigenvalue weighted by Crippen LogP contribution is 2.71. The van der Waals surface area contributed by atoms with E-state index in [0.717, 1.165) is 57.8 Å². The fraction of sp³-hybridized carbons (Fsp3) is 0.967. The quantitative estimate of drug-likeness (QED) is 0.455. The van der Waals surface area contributed by atoms with Gasteiger partial charge in [0.25, 0.3) is 0 Å². The van der Waals surface area contributed by atoms with Crippen LogP contribution in [0, 0.1) is 51.2 Å². The van der Waals surface area contributed by atoms with E-state index in [0.29, 0.717) is 35.9 Å². The van der Waals surface area contributed by atoms with E-state index < -0.39 is 0 Å². The van der Waals surface area contributed by atoms with Gasteiger partial charge in [0.15, 0.2) is 0 Å². The first-order chi connectivity index (χ1) is 15.7. The summed E-state index contributed by atoms with van der Waals surface area (Å²) in [6.07, 6.45) is 7.70. The lowest BCUT2D eigenvalue weighted by Gasteiger charge is -2.67. The predicted molar refractivity (Wildman–Crippen MR) is 136 cm³/mol. The van der Waals surface area contributed by atoms with E-state index >= 15 is 0 Å². The van der Waals surface area contributed by atoms with Gasteiger partial charge in [0.1, 0.15) is 5.78 Å². The number of fused-ring (bicyclic) bond motifs is 5. The Balaban J connectivity index is 1.56. The molecular formula is C30H52O4. The molecule has 0 saturated heterocycles. The number of aliphatic hydroxyl groups excluding tert-OH is 3. The van der Waals surface area contributed by atoms with Crippen LogP contribution >= 0.6 is 0 Å². The van der Waals surface area contributed by atoms with Crippen molar-refractivity contribution in [3.8, 4) is 0 Å². The van der Waals surface area contributed by atoms with Crippen molar-refractivity contribution in [3.05, 3.63) is 0 Å². The number of Topliss-reactive ketones (excluding diaryl/α,β-unsaturated/α-hetero) is 1. The predicted octanol–water partition coefficient (Wildman–Crippen LogP) is 5.76. The largest absolute Gasteiger partial charge is 0.393 e. The van der Waals surface area contributed by atoms with E-state index in [1.54, 1.807) is 0 Å². The molecule has 11 atom stereocenters. The van der Waals surface area contributed by atoms with Crippen molar-refractivity contribution < 1.29 is 20.1 Å². The third-order valence-electron chi connectivity index (χ3n) is 12.6. The van der Waals surface area contributed by atoms with Gasteiger partial charge in [-0.05, 0) is 104 Å². The molecule has 4 aliphatic carbocycles. The van der Waals surface area contributed by atoms with Crippen LogP contribution in [0.5, 0.6) is 0 Å². The summed E-state index contributed by atoms with van der Waals surface area (Å²) in [7, 11) is 0. The van der Waals surface area contributed by atoms with Gasteiger partial charge < -0.3 is 15.3 Å². The van der Waals surface area contributed by atoms with Crippen LogP contribution in [0.2, 0.25) is 0 Å². The fourth-order valence-corrected chi connectivity index (χ4v) is 9.67. The summed E-state index contributed by atoms with van der Waals surface area (Å²) in [4.78, 5) is 12.8. The summed E-state index contributed by atoms with van der Waals surface area (Å²) < 4.78 is 0. The highest BCUT2D eigenvalue weighted by atomic mass is 16.3. The van der Waals surface area contributed by atoms with E-state index in [4.69, 9.17) is 0 Å². The molecule has 0 aromatic heterocycles. The molecule has 0 unspecified atom stereocenters. The van der Waals surface area contributed by atoms with Crippen LogP contribution in [0.1, 0.15) is 113 Å². The first-order valence-electron chi connectivity index (χ1n) is 14.3. The number of aliphatic hydroxyl groups is 3. The maximum absolute atomic E-state index is 12.8. The average Bonchev–Trinajstić information content (AvgIpc) is 3.12. The summed E-state index contributed by atoms with van der Waals surface area (Å²) in [5.74, 6) is 2.03. The Labute approximate surface area is 208 Å². The van der Waals surface area contributed by atoms with Gasteiger partial charge in [-0.2, -0.15) is 0 Å². The molecule has 196 valence electrons. The van der Waals surface area contributed by atoms with Crippen LogP contribution in [0.4, 0.5) is 0 Å². The summed E-state index contributed by atoms with van der Waals surface area (Å²) in [6.45, 7) is 15.5. The number of hydrogen-bond acceptors (Lipinski definition) is 4. The molecule has 0 aromatic carbocycles. The highest BCUT2D eigenvalue weighted by Gasteiger charge is 2.68. The zero-order chi connectivity index (χ0) is 25.3. The van der Waals surface area contributed by atoms with Gasteiger partial charge in [-0.15, -0.1) is 0 Å². The maximum Gasteiger partial charge on any atom is 0.138 e. The van der Waals surface area contributed by atoms with E-state index in [-0.39, 0.29) is 45.9 Å². The lowest BCUT2D eigenvalue weighted by molar-refractivity contribution is -0.233. The van der Waals surface area contributed by atoms with Gasteiger partial charge in [-0.1, -0.05) is 48.5 Å². The highest BCUT2D eigenvalue weighted by molar-refractivity contribution is 5.83. The van der Waals surface area contributed by atoms with Crippen molar-refractivity contribution in [2.24, 2.45) is 51.2 Å². The molecular weight excluding hydrogens is 424 g/mol. The fourth-order valence-electron chi connectivity index (χ4n) is 9.67. The van der Waals surface area contributed by atoms with Crippen LogP contribution in [0.25, 0.3) is 0 Å². The second-order valence-corrected chi connectivity index (χ2v) is 14.4. The second kappa shape index (κ2) is 8.84. The molecule has 0 spiro atoms. The zero-order valence-corrected chi connectivity index (χ0v) is 22.9. The van der Waals surface area contributed by atoms with E-state index in [2.05, 4.69) is 48.5 Å². The van der Waals surface area contributed by atoms with Gasteiger partial charge in [-0.25, -0.2) is 0 Å². The van der Waals surface area contributed by atoms with Crippen LogP contribution in [0.3, 0.4) is 0 Å². The number of ketones is 1. The van der Waals surface area contributed by atoms with Crippen molar-refractivity contribution in [2.45, 2.75) is 131 Å². The van der Waals surface area contributed by atoms with Crippen LogP contribution in [-0.4, -0.2) is 39.4 Å². The Morgan fingerprint density at radius 2 is 1.71 bits per heavy atom. The zero-order valence-electron chi connectivity index (χ0n) is 22.9. The minimum Gasteiger partial charge on any atom is -0.393 e. The molecule has 0 heterocycles. The Morgan fingerprint density at radius 3 is 2.35 bits per heavy atom. The van der Waals surface area contributed by atoms with Gasteiger partial charge in [0.05, 0.1) is 18.3 Å². The van der Waals surface area contributed by atoms with Crippen molar-refractivity contribution in [1.29, 1.82) is 0 Å². The van der Waals surface area contributed by atoms with Crippen LogP contribution < -0.4 is 0 Å². The number of rotatable bonds is 6. The van der Waals surface area contributed by atoms with E-state index in [1.807, 2.05) is 0 Å². The molecule has 4 heteroatoms. The number of carbonyl (C=O) groups is 1.